The van der Waals surface area contributed by atoms with E-state index in [9.17, 15) is 19.8 Å². The number of aliphatic hydroxyl groups is 2. The van der Waals surface area contributed by atoms with E-state index in [1.165, 1.54) is 7.11 Å². The number of hydrogen-bond donors (Lipinski definition) is 3. The lowest BCUT2D eigenvalue weighted by Crippen LogP contribution is -2.58. The summed E-state index contributed by atoms with van der Waals surface area (Å²) in [5.41, 5.74) is 0.727. The van der Waals surface area contributed by atoms with Gasteiger partial charge in [-0.05, 0) is 102 Å². The Labute approximate surface area is 291 Å². The Kier molecular flexibility index (Phi) is 12.0. The molecule has 17 atom stereocenters. The zero-order chi connectivity index (χ0) is 35.0. The number of fused-ring (bicyclic) bond motifs is 5. The first-order valence-corrected chi connectivity index (χ1v) is 18.8. The van der Waals surface area contributed by atoms with Gasteiger partial charge in [0, 0.05) is 25.0 Å². The quantitative estimate of drug-likeness (QED) is 0.265. The Morgan fingerprint density at radius 1 is 0.939 bits per heavy atom. The topological polar surface area (TPSA) is 142 Å². The van der Waals surface area contributed by atoms with Crippen molar-refractivity contribution < 1.29 is 48.2 Å². The monoisotopic (exact) mass is 689 g/mol. The highest BCUT2D eigenvalue weighted by atomic mass is 16.7. The maximum Gasteiger partial charge on any atom is 0.306 e. The van der Waals surface area contributed by atoms with Gasteiger partial charge in [-0.25, -0.2) is 0 Å². The SMILES string of the molecule is CC[C@H]1CCC[C@H](O[C@H]2CC[C@H](NC)[C@@H](C)O2)[C@@H](C)C(=O)C2=C[C@@H]3[C@@H](C=C[C@@H]4C[C@@H](O[C@@H]5O[C@@H](C)[C@H](O)[C@@H](O)[C@H]5OC)C[C@@H]34)[C@@H]2CC(=O)O1. The second-order valence-electron chi connectivity index (χ2n) is 15.4. The van der Waals surface area contributed by atoms with Gasteiger partial charge in [-0.2, -0.15) is 0 Å². The molecule has 3 aliphatic heterocycles. The molecule has 49 heavy (non-hydrogen) atoms. The number of Topliss-reactive ketones (excluding diaryl/α,β-unsaturated/α-hetero) is 1. The smallest absolute Gasteiger partial charge is 0.306 e. The highest BCUT2D eigenvalue weighted by Crippen LogP contribution is 2.54. The Morgan fingerprint density at radius 3 is 2.45 bits per heavy atom. The number of esters is 1. The maximum atomic E-state index is 14.5. The minimum absolute atomic E-state index is 0.0109. The van der Waals surface area contributed by atoms with E-state index >= 15 is 0 Å². The predicted octanol–water partition coefficient (Wildman–Crippen LogP) is 3.84. The van der Waals surface area contributed by atoms with Crippen LogP contribution in [0.15, 0.2) is 23.8 Å². The van der Waals surface area contributed by atoms with Crippen LogP contribution in [-0.2, 0) is 38.0 Å². The van der Waals surface area contributed by atoms with E-state index in [4.69, 9.17) is 28.4 Å². The maximum absolute atomic E-state index is 14.5. The molecule has 1 saturated carbocycles. The van der Waals surface area contributed by atoms with Crippen LogP contribution in [0.25, 0.3) is 0 Å². The summed E-state index contributed by atoms with van der Waals surface area (Å²) in [6.07, 6.45) is 7.67. The van der Waals surface area contributed by atoms with Crippen LogP contribution < -0.4 is 5.32 Å². The second-order valence-corrected chi connectivity index (χ2v) is 15.4. The van der Waals surface area contributed by atoms with E-state index in [0.717, 1.165) is 50.5 Å². The number of likely N-dealkylation sites (N-methyl/N-ethyl adjacent to an activating group) is 1. The van der Waals surface area contributed by atoms with Crippen LogP contribution in [0.4, 0.5) is 0 Å². The number of nitrogens with one attached hydrogen (secondary N) is 1. The lowest BCUT2D eigenvalue weighted by molar-refractivity contribution is -0.308. The van der Waals surface area contributed by atoms with Gasteiger partial charge in [-0.3, -0.25) is 9.59 Å². The molecule has 0 bridgehead atoms. The van der Waals surface area contributed by atoms with Crippen LogP contribution >= 0.6 is 0 Å². The van der Waals surface area contributed by atoms with E-state index in [1.807, 2.05) is 14.0 Å². The number of aliphatic hydroxyl groups excluding tert-OH is 2. The standard InChI is InChI=1S/C38H59NO10/c1-7-23-9-8-10-31(49-33-14-13-30(39-5)20(3)45-33)19(2)34(41)29-17-27-25(28(29)18-32(40)47-23)12-11-22-15-24(16-26(22)27)48-38-37(44-6)36(43)35(42)21(4)46-38/h11-12,17,19-28,30-31,33,35-39,42-43H,7-10,13-16,18H2,1-6H3/t19-,20-,21+,22-,23+,24-,25-,26-,27-,28+,30+,31+,33+,35+,36-,37-,38+/m1/s1. The van der Waals surface area contributed by atoms with Crippen molar-refractivity contribution in [2.75, 3.05) is 14.2 Å². The van der Waals surface area contributed by atoms with Gasteiger partial charge in [0.1, 0.15) is 24.4 Å². The van der Waals surface area contributed by atoms with Crippen molar-refractivity contribution in [1.82, 2.24) is 5.32 Å². The average molecular weight is 690 g/mol. The van der Waals surface area contributed by atoms with E-state index < -0.39 is 30.7 Å². The van der Waals surface area contributed by atoms with Crippen LogP contribution in [0, 0.1) is 35.5 Å². The number of methoxy groups -OCH3 is 1. The molecule has 0 radical (unpaired) electrons. The van der Waals surface area contributed by atoms with Crippen molar-refractivity contribution in [3.63, 3.8) is 0 Å². The highest BCUT2D eigenvalue weighted by Gasteiger charge is 2.52. The first-order chi connectivity index (χ1) is 23.5. The van der Waals surface area contributed by atoms with Gasteiger partial charge < -0.3 is 44.0 Å². The van der Waals surface area contributed by atoms with Crippen molar-refractivity contribution in [2.45, 2.75) is 153 Å². The fourth-order valence-corrected chi connectivity index (χ4v) is 9.55. The molecule has 276 valence electrons. The average Bonchev–Trinajstić information content (AvgIpc) is 3.66. The largest absolute Gasteiger partial charge is 0.462 e. The van der Waals surface area contributed by atoms with Crippen molar-refractivity contribution in [3.8, 4) is 0 Å². The van der Waals surface area contributed by atoms with Crippen LogP contribution in [0.2, 0.25) is 0 Å². The van der Waals surface area contributed by atoms with Gasteiger partial charge in [0.25, 0.3) is 0 Å². The van der Waals surface area contributed by atoms with E-state index in [2.05, 4.69) is 37.4 Å². The van der Waals surface area contributed by atoms with Gasteiger partial charge in [-0.1, -0.05) is 32.1 Å². The third-order valence-corrected chi connectivity index (χ3v) is 12.5. The predicted molar refractivity (Wildman–Crippen MR) is 180 cm³/mol. The molecule has 6 aliphatic rings. The third-order valence-electron chi connectivity index (χ3n) is 12.5. The lowest BCUT2D eigenvalue weighted by atomic mass is 9.70. The molecule has 3 aliphatic carbocycles. The van der Waals surface area contributed by atoms with Crippen LogP contribution in [0.5, 0.6) is 0 Å². The van der Waals surface area contributed by atoms with Gasteiger partial charge in [-0.15, -0.1) is 0 Å². The van der Waals surface area contributed by atoms with Gasteiger partial charge >= 0.3 is 5.97 Å². The number of ketones is 1. The fourth-order valence-electron chi connectivity index (χ4n) is 9.55. The summed E-state index contributed by atoms with van der Waals surface area (Å²) >= 11 is 0. The highest BCUT2D eigenvalue weighted by molar-refractivity contribution is 5.99. The minimum atomic E-state index is -1.12. The molecule has 0 unspecified atom stereocenters. The van der Waals surface area contributed by atoms with Gasteiger partial charge in [0.15, 0.2) is 18.4 Å². The lowest BCUT2D eigenvalue weighted by Gasteiger charge is -2.41. The zero-order valence-electron chi connectivity index (χ0n) is 30.1. The van der Waals surface area contributed by atoms with Crippen molar-refractivity contribution in [3.05, 3.63) is 23.8 Å². The van der Waals surface area contributed by atoms with Crippen molar-refractivity contribution in [2.24, 2.45) is 35.5 Å². The molecule has 0 aromatic carbocycles. The molecule has 6 rings (SSSR count). The first kappa shape index (κ1) is 37.1. The Morgan fingerprint density at radius 2 is 1.73 bits per heavy atom. The molecule has 3 N–H and O–H groups in total. The number of carbonyl (C=O) groups is 2. The number of hydrogen-bond acceptors (Lipinski definition) is 11. The Balaban J connectivity index is 1.21. The van der Waals surface area contributed by atoms with Gasteiger partial charge in [0.2, 0.25) is 0 Å². The summed E-state index contributed by atoms with van der Waals surface area (Å²) in [5.74, 6) is -0.274. The third kappa shape index (κ3) is 7.75. The number of ether oxygens (including phenoxy) is 6. The second kappa shape index (κ2) is 15.9. The van der Waals surface area contributed by atoms with Crippen molar-refractivity contribution >= 4 is 11.8 Å². The number of cyclic esters (lactones) is 1. The van der Waals surface area contributed by atoms with E-state index in [-0.39, 0.29) is 90.4 Å². The molecule has 3 heterocycles. The number of rotatable bonds is 7. The summed E-state index contributed by atoms with van der Waals surface area (Å²) in [4.78, 5) is 27.9. The summed E-state index contributed by atoms with van der Waals surface area (Å²) in [6.45, 7) is 7.81. The molecule has 0 aromatic rings. The molecule has 4 fully saturated rings. The van der Waals surface area contributed by atoms with Crippen LogP contribution in [0.3, 0.4) is 0 Å². The number of allylic oxidation sites excluding steroid dienone is 4. The molecular formula is C38H59NO10. The summed E-state index contributed by atoms with van der Waals surface area (Å²) in [5, 5.41) is 24.3. The molecule has 11 heteroatoms. The van der Waals surface area contributed by atoms with Gasteiger partial charge in [0.05, 0.1) is 30.8 Å². The van der Waals surface area contributed by atoms with E-state index in [1.54, 1.807) is 6.92 Å². The van der Waals surface area contributed by atoms with Crippen LogP contribution in [0.1, 0.15) is 85.5 Å². The first-order valence-electron chi connectivity index (χ1n) is 18.8. The summed E-state index contributed by atoms with van der Waals surface area (Å²) in [7, 11) is 3.43. The molecule has 11 nitrogen and oxygen atoms in total. The molecular weight excluding hydrogens is 630 g/mol. The molecule has 0 spiro atoms. The Bertz CT molecular complexity index is 1220. The normalized spacial score (nSPS) is 47.7. The van der Waals surface area contributed by atoms with E-state index in [0.29, 0.717) is 6.42 Å². The molecule has 0 amide bonds. The summed E-state index contributed by atoms with van der Waals surface area (Å²) in [6, 6.07) is 0.278. The van der Waals surface area contributed by atoms with Crippen LogP contribution in [-0.4, -0.2) is 104 Å². The minimum Gasteiger partial charge on any atom is -0.462 e. The fraction of sp³-hybridized carbons (Fsp3) is 0.842. The summed E-state index contributed by atoms with van der Waals surface area (Å²) < 4.78 is 36.8. The molecule has 3 saturated heterocycles. The van der Waals surface area contributed by atoms with Crippen molar-refractivity contribution in [1.29, 1.82) is 0 Å². The zero-order valence-corrected chi connectivity index (χ0v) is 30.1. The molecule has 0 aromatic heterocycles. The number of carbonyl (C=O) groups excluding carboxylic acids is 2. The Hall–Kier alpha value is -1.70.